The quantitative estimate of drug-likeness (QED) is 0.586. The highest BCUT2D eigenvalue weighted by Gasteiger charge is 2.32. The Bertz CT molecular complexity index is 1300. The number of nitrogens with two attached hydrogens (primary N) is 1. The monoisotopic (exact) mass is 463 g/mol. The van der Waals surface area contributed by atoms with Crippen molar-refractivity contribution in [2.45, 2.75) is 31.3 Å². The molecule has 3 aliphatic rings. The summed E-state index contributed by atoms with van der Waals surface area (Å²) in [6, 6.07) is 12.5. The van der Waals surface area contributed by atoms with Crippen molar-refractivity contribution in [3.63, 3.8) is 0 Å². The first-order chi connectivity index (χ1) is 15.5. The summed E-state index contributed by atoms with van der Waals surface area (Å²) >= 11 is 7.66. The number of carbonyl (C=O) groups is 1. The molecule has 3 aromatic rings. The van der Waals surface area contributed by atoms with Gasteiger partial charge in [0.2, 0.25) is 0 Å². The summed E-state index contributed by atoms with van der Waals surface area (Å²) in [5, 5.41) is 7.23. The maximum atomic E-state index is 12.3. The molecule has 6 nitrogen and oxygen atoms in total. The number of benzene rings is 2. The zero-order valence-electron chi connectivity index (χ0n) is 17.4. The van der Waals surface area contributed by atoms with Crippen molar-refractivity contribution in [1.29, 1.82) is 0 Å². The molecule has 1 saturated carbocycles. The van der Waals surface area contributed by atoms with E-state index < -0.39 is 0 Å². The second-order valence-corrected chi connectivity index (χ2v) is 10.2. The van der Waals surface area contributed by atoms with Crippen LogP contribution in [0.4, 0.5) is 0 Å². The van der Waals surface area contributed by atoms with Gasteiger partial charge in [-0.1, -0.05) is 23.7 Å². The van der Waals surface area contributed by atoms with Crippen LogP contribution in [-0.2, 0) is 11.3 Å². The van der Waals surface area contributed by atoms with Crippen LogP contribution in [0.1, 0.15) is 35.4 Å². The van der Waals surface area contributed by atoms with Gasteiger partial charge in [0.25, 0.3) is 5.91 Å². The van der Waals surface area contributed by atoms with Gasteiger partial charge >= 0.3 is 0 Å². The van der Waals surface area contributed by atoms with Gasteiger partial charge in [-0.25, -0.2) is 0 Å². The highest BCUT2D eigenvalue weighted by Crippen LogP contribution is 2.42. The van der Waals surface area contributed by atoms with Crippen molar-refractivity contribution in [1.82, 2.24) is 14.7 Å². The molecule has 8 heteroatoms. The van der Waals surface area contributed by atoms with Crippen molar-refractivity contribution >= 4 is 51.4 Å². The van der Waals surface area contributed by atoms with Crippen LogP contribution in [0, 0.1) is 0 Å². The van der Waals surface area contributed by atoms with Crippen molar-refractivity contribution < 1.29 is 4.79 Å². The molecule has 6 rings (SSSR count). The Hall–Kier alpha value is -2.61. The summed E-state index contributed by atoms with van der Waals surface area (Å²) < 4.78 is 2.03. The normalized spacial score (nSPS) is 20.3. The van der Waals surface area contributed by atoms with Gasteiger partial charge in [0, 0.05) is 29.5 Å². The van der Waals surface area contributed by atoms with E-state index in [1.807, 2.05) is 34.0 Å². The predicted molar refractivity (Wildman–Crippen MR) is 130 cm³/mol. The lowest BCUT2D eigenvalue weighted by molar-refractivity contribution is -0.113. The second-order valence-electron chi connectivity index (χ2n) is 8.71. The summed E-state index contributed by atoms with van der Waals surface area (Å²) in [5.74, 6) is 0.445. The first-order valence-electron chi connectivity index (χ1n) is 10.8. The molecule has 2 aliphatic heterocycles. The molecule has 1 aromatic heterocycles. The average Bonchev–Trinajstić information content (AvgIpc) is 3.44. The fourth-order valence-electron chi connectivity index (χ4n) is 4.32. The summed E-state index contributed by atoms with van der Waals surface area (Å²) in [6.07, 6.45) is 6.26. The highest BCUT2D eigenvalue weighted by molar-refractivity contribution is 8.18. The largest absolute Gasteiger partial charge is 0.348 e. The molecular formula is C24H22ClN5OS. The minimum atomic E-state index is -0.184. The SMILES string of the molecule is NC1CN(C2=NC(=O)C(=Cc3ccc4c(cnn4Cc4ccc(Cl)cc4C4CC4)c3)S2)C1. The first kappa shape index (κ1) is 20.0. The summed E-state index contributed by atoms with van der Waals surface area (Å²) in [4.78, 5) is 19.2. The minimum Gasteiger partial charge on any atom is -0.348 e. The molecular weight excluding hydrogens is 442 g/mol. The highest BCUT2D eigenvalue weighted by atomic mass is 35.5. The minimum absolute atomic E-state index is 0.175. The van der Waals surface area contributed by atoms with E-state index in [2.05, 4.69) is 34.4 Å². The molecule has 32 heavy (non-hydrogen) atoms. The van der Waals surface area contributed by atoms with Crippen LogP contribution in [0.5, 0.6) is 0 Å². The van der Waals surface area contributed by atoms with Crippen LogP contribution in [0.2, 0.25) is 5.02 Å². The number of carbonyl (C=O) groups excluding carboxylic acids is 1. The lowest BCUT2D eigenvalue weighted by Gasteiger charge is -2.37. The molecule has 162 valence electrons. The fraction of sp³-hybridized carbons (Fsp3) is 0.292. The Morgan fingerprint density at radius 2 is 2.03 bits per heavy atom. The fourth-order valence-corrected chi connectivity index (χ4v) is 5.43. The number of likely N-dealkylation sites (tertiary alicyclic amines) is 1. The number of halogens is 1. The third kappa shape index (κ3) is 3.74. The van der Waals surface area contributed by atoms with Crippen LogP contribution in [0.3, 0.4) is 0 Å². The van der Waals surface area contributed by atoms with E-state index in [4.69, 9.17) is 17.3 Å². The number of thioether (sulfide) groups is 1. The molecule has 1 saturated heterocycles. The number of amides is 1. The number of hydrogen-bond donors (Lipinski definition) is 1. The van der Waals surface area contributed by atoms with Gasteiger partial charge in [-0.3, -0.25) is 9.48 Å². The maximum absolute atomic E-state index is 12.3. The zero-order chi connectivity index (χ0) is 21.8. The number of nitrogens with zero attached hydrogens (tertiary/aromatic N) is 4. The van der Waals surface area contributed by atoms with Crippen molar-refractivity contribution in [2.24, 2.45) is 10.7 Å². The Labute approximate surface area is 195 Å². The standard InChI is InChI=1S/C24H22ClN5OS/c25-18-5-4-16(20(9-18)15-2-3-15)11-30-21-6-1-14(7-17(21)10-27-30)8-22-23(31)28-24(32-22)29-12-19(26)13-29/h1,4-10,15,19H,2-3,11-13,26H2. The predicted octanol–water partition coefficient (Wildman–Crippen LogP) is 4.23. The molecule has 1 aliphatic carbocycles. The van der Waals surface area contributed by atoms with E-state index in [1.165, 1.54) is 35.7 Å². The van der Waals surface area contributed by atoms with Crippen LogP contribution >= 0.6 is 23.4 Å². The van der Waals surface area contributed by atoms with E-state index >= 15 is 0 Å². The summed E-state index contributed by atoms with van der Waals surface area (Å²) in [5.41, 5.74) is 10.5. The Morgan fingerprint density at radius 1 is 1.19 bits per heavy atom. The zero-order valence-corrected chi connectivity index (χ0v) is 18.9. The molecule has 0 unspecified atom stereocenters. The molecule has 1 amide bonds. The van der Waals surface area contributed by atoms with Gasteiger partial charge in [-0.15, -0.1) is 0 Å². The van der Waals surface area contributed by atoms with Crippen molar-refractivity contribution in [3.05, 3.63) is 69.2 Å². The topological polar surface area (TPSA) is 76.5 Å². The number of amidine groups is 1. The number of fused-ring (bicyclic) bond motifs is 1. The molecule has 3 heterocycles. The van der Waals surface area contributed by atoms with Gasteiger partial charge < -0.3 is 10.6 Å². The van der Waals surface area contributed by atoms with E-state index in [0.717, 1.165) is 46.3 Å². The van der Waals surface area contributed by atoms with Crippen LogP contribution in [0.25, 0.3) is 17.0 Å². The molecule has 0 bridgehead atoms. The smallest absolute Gasteiger partial charge is 0.286 e. The summed E-state index contributed by atoms with van der Waals surface area (Å²) in [7, 11) is 0. The third-order valence-corrected chi connectivity index (χ3v) is 7.48. The van der Waals surface area contributed by atoms with Gasteiger partial charge in [-0.2, -0.15) is 10.1 Å². The van der Waals surface area contributed by atoms with E-state index in [1.54, 1.807) is 0 Å². The third-order valence-electron chi connectivity index (χ3n) is 6.20. The lowest BCUT2D eigenvalue weighted by Crippen LogP contribution is -2.56. The van der Waals surface area contributed by atoms with Gasteiger partial charge in [-0.05, 0) is 77.6 Å². The summed E-state index contributed by atoms with van der Waals surface area (Å²) in [6.45, 7) is 2.23. The lowest BCUT2D eigenvalue weighted by atomic mass is 10.0. The Morgan fingerprint density at radius 3 is 2.81 bits per heavy atom. The molecule has 2 N–H and O–H groups in total. The number of aliphatic imine (C=N–C) groups is 1. The van der Waals surface area contributed by atoms with Crippen molar-refractivity contribution in [3.8, 4) is 0 Å². The van der Waals surface area contributed by atoms with E-state index in [0.29, 0.717) is 10.8 Å². The van der Waals surface area contributed by atoms with Crippen LogP contribution < -0.4 is 5.73 Å². The molecule has 0 radical (unpaired) electrons. The first-order valence-corrected chi connectivity index (χ1v) is 12.0. The van der Waals surface area contributed by atoms with Crippen LogP contribution in [-0.4, -0.2) is 44.9 Å². The van der Waals surface area contributed by atoms with Gasteiger partial charge in [0.05, 0.1) is 23.2 Å². The van der Waals surface area contributed by atoms with Gasteiger partial charge in [0.1, 0.15) is 0 Å². The van der Waals surface area contributed by atoms with E-state index in [-0.39, 0.29) is 11.9 Å². The average molecular weight is 464 g/mol. The molecule has 0 spiro atoms. The Balaban J connectivity index is 1.23. The van der Waals surface area contributed by atoms with E-state index in [9.17, 15) is 4.79 Å². The number of aromatic nitrogens is 2. The van der Waals surface area contributed by atoms with Gasteiger partial charge in [0.15, 0.2) is 5.17 Å². The van der Waals surface area contributed by atoms with Crippen LogP contribution in [0.15, 0.2) is 52.5 Å². The molecule has 2 fully saturated rings. The Kier molecular flexibility index (Phi) is 4.86. The number of rotatable bonds is 4. The second kappa shape index (κ2) is 7.76. The molecule has 2 aromatic carbocycles. The van der Waals surface area contributed by atoms with Crippen molar-refractivity contribution in [2.75, 3.05) is 13.1 Å². The maximum Gasteiger partial charge on any atom is 0.286 e. The molecule has 0 atom stereocenters. The number of hydrogen-bond acceptors (Lipinski definition) is 5.